The van der Waals surface area contributed by atoms with Crippen LogP contribution in [0.3, 0.4) is 0 Å². The van der Waals surface area contributed by atoms with Gasteiger partial charge in [0.05, 0.1) is 5.39 Å². The summed E-state index contributed by atoms with van der Waals surface area (Å²) >= 11 is 3.53. The summed E-state index contributed by atoms with van der Waals surface area (Å²) in [5, 5.41) is 2.46. The normalized spacial score (nSPS) is 13.6. The van der Waals surface area contributed by atoms with Gasteiger partial charge in [0.2, 0.25) is 0 Å². The number of ether oxygens (including phenoxy) is 1. The van der Waals surface area contributed by atoms with E-state index >= 15 is 0 Å². The van der Waals surface area contributed by atoms with Gasteiger partial charge in [-0.25, -0.2) is 4.79 Å². The average Bonchev–Trinajstić information content (AvgIpc) is 2.69. The molecule has 1 aromatic heterocycles. The number of aryl methyl sites for hydroxylation is 1. The lowest BCUT2D eigenvalue weighted by Crippen LogP contribution is -2.32. The SMILES string of the molecule is Cc1c2c(cc3c1oc(=O)c1ccccc13)CN(c1cccc(Br)c1)CO2. The number of nitrogens with zero attached hydrogens (tertiary/aromatic N) is 1. The minimum atomic E-state index is -0.312. The molecule has 0 bridgehead atoms. The van der Waals surface area contributed by atoms with Crippen molar-refractivity contribution >= 4 is 43.4 Å². The fourth-order valence-corrected chi connectivity index (χ4v) is 4.16. The third-order valence-corrected chi connectivity index (χ3v) is 5.56. The van der Waals surface area contributed by atoms with Crippen molar-refractivity contribution in [1.82, 2.24) is 0 Å². The summed E-state index contributed by atoms with van der Waals surface area (Å²) in [4.78, 5) is 14.5. The first-order valence-corrected chi connectivity index (χ1v) is 9.52. The molecule has 0 radical (unpaired) electrons. The van der Waals surface area contributed by atoms with E-state index in [1.807, 2.05) is 37.3 Å². The van der Waals surface area contributed by atoms with Crippen molar-refractivity contribution in [1.29, 1.82) is 0 Å². The van der Waals surface area contributed by atoms with E-state index < -0.39 is 0 Å². The Labute approximate surface area is 164 Å². The Bertz CT molecular complexity index is 1260. The molecule has 0 saturated carbocycles. The highest BCUT2D eigenvalue weighted by Gasteiger charge is 2.23. The maximum Gasteiger partial charge on any atom is 0.344 e. The van der Waals surface area contributed by atoms with Crippen LogP contribution in [0.15, 0.2) is 68.3 Å². The monoisotopic (exact) mass is 421 g/mol. The first-order valence-electron chi connectivity index (χ1n) is 8.73. The van der Waals surface area contributed by atoms with Crippen molar-refractivity contribution in [2.75, 3.05) is 11.6 Å². The van der Waals surface area contributed by atoms with Crippen LogP contribution in [0.4, 0.5) is 5.69 Å². The largest absolute Gasteiger partial charge is 0.472 e. The molecule has 0 aliphatic carbocycles. The van der Waals surface area contributed by atoms with Crippen LogP contribution in [0, 0.1) is 6.92 Å². The van der Waals surface area contributed by atoms with Crippen molar-refractivity contribution in [3.63, 3.8) is 0 Å². The number of benzene rings is 3. The minimum Gasteiger partial charge on any atom is -0.472 e. The summed E-state index contributed by atoms with van der Waals surface area (Å²) in [6.45, 7) is 3.14. The molecule has 0 N–H and O–H groups in total. The molecular weight excluding hydrogens is 406 g/mol. The predicted molar refractivity (Wildman–Crippen MR) is 111 cm³/mol. The van der Waals surface area contributed by atoms with E-state index in [0.29, 0.717) is 17.7 Å². The van der Waals surface area contributed by atoms with E-state index in [1.54, 1.807) is 6.07 Å². The van der Waals surface area contributed by atoms with Crippen LogP contribution in [-0.4, -0.2) is 6.73 Å². The number of fused-ring (bicyclic) bond motifs is 4. The van der Waals surface area contributed by atoms with Gasteiger partial charge in [-0.05, 0) is 42.6 Å². The van der Waals surface area contributed by atoms with Gasteiger partial charge in [-0.1, -0.05) is 40.2 Å². The molecule has 1 aliphatic rings. The molecule has 134 valence electrons. The Hall–Kier alpha value is -2.79. The molecule has 3 aromatic carbocycles. The zero-order valence-corrected chi connectivity index (χ0v) is 16.2. The third kappa shape index (κ3) is 2.61. The Kier molecular flexibility index (Phi) is 3.72. The maximum atomic E-state index is 12.4. The summed E-state index contributed by atoms with van der Waals surface area (Å²) in [5.74, 6) is 0.812. The molecule has 2 heterocycles. The van der Waals surface area contributed by atoms with Gasteiger partial charge >= 0.3 is 5.63 Å². The number of rotatable bonds is 1. The Morgan fingerprint density at radius 3 is 2.63 bits per heavy atom. The molecule has 0 spiro atoms. The fourth-order valence-electron chi connectivity index (χ4n) is 3.78. The molecule has 0 amide bonds. The quantitative estimate of drug-likeness (QED) is 0.306. The molecule has 4 nitrogen and oxygen atoms in total. The van der Waals surface area contributed by atoms with E-state index in [-0.39, 0.29) is 5.63 Å². The summed E-state index contributed by atoms with van der Waals surface area (Å²) < 4.78 is 12.7. The van der Waals surface area contributed by atoms with Crippen LogP contribution in [0.1, 0.15) is 11.1 Å². The van der Waals surface area contributed by atoms with Gasteiger partial charge < -0.3 is 14.1 Å². The van der Waals surface area contributed by atoms with E-state index in [1.165, 1.54) is 0 Å². The topological polar surface area (TPSA) is 42.7 Å². The first-order chi connectivity index (χ1) is 13.1. The summed E-state index contributed by atoms with van der Waals surface area (Å²) in [7, 11) is 0. The number of hydrogen-bond donors (Lipinski definition) is 0. The van der Waals surface area contributed by atoms with Crippen LogP contribution in [0.2, 0.25) is 0 Å². The third-order valence-electron chi connectivity index (χ3n) is 5.07. The van der Waals surface area contributed by atoms with Crippen LogP contribution >= 0.6 is 15.9 Å². The van der Waals surface area contributed by atoms with Crippen molar-refractivity contribution in [3.8, 4) is 5.75 Å². The first kappa shape index (κ1) is 16.4. The Morgan fingerprint density at radius 2 is 1.81 bits per heavy atom. The Balaban J connectivity index is 1.71. The number of anilines is 1. The summed E-state index contributed by atoms with van der Waals surface area (Å²) in [6.07, 6.45) is 0. The van der Waals surface area contributed by atoms with Gasteiger partial charge in [0, 0.05) is 33.2 Å². The standard InChI is InChI=1S/C22H16BrNO3/c1-13-20-14(11-24(12-26-20)16-6-4-5-15(23)10-16)9-19-17-7-2-3-8-18(17)22(25)27-21(13)19/h2-10H,11-12H2,1H3. The molecule has 0 atom stereocenters. The van der Waals surface area contributed by atoms with Crippen LogP contribution < -0.4 is 15.3 Å². The lowest BCUT2D eigenvalue weighted by Gasteiger charge is -2.32. The fraction of sp³-hybridized carbons (Fsp3) is 0.136. The van der Waals surface area contributed by atoms with Gasteiger partial charge in [0.1, 0.15) is 11.3 Å². The zero-order valence-electron chi connectivity index (χ0n) is 14.7. The van der Waals surface area contributed by atoms with Crippen molar-refractivity contribution in [3.05, 3.63) is 80.6 Å². The van der Waals surface area contributed by atoms with E-state index in [9.17, 15) is 4.79 Å². The second kappa shape index (κ2) is 6.13. The summed E-state index contributed by atoms with van der Waals surface area (Å²) in [5.41, 5.74) is 3.35. The van der Waals surface area contributed by atoms with Gasteiger partial charge in [0.15, 0.2) is 6.73 Å². The molecule has 5 heteroatoms. The highest BCUT2D eigenvalue weighted by atomic mass is 79.9. The second-order valence-electron chi connectivity index (χ2n) is 6.75. The lowest BCUT2D eigenvalue weighted by molar-refractivity contribution is 0.287. The molecule has 5 rings (SSSR count). The Morgan fingerprint density at radius 1 is 1.00 bits per heavy atom. The predicted octanol–water partition coefficient (Wildman–Crippen LogP) is 5.37. The van der Waals surface area contributed by atoms with Crippen LogP contribution in [0.25, 0.3) is 21.7 Å². The number of hydrogen-bond acceptors (Lipinski definition) is 4. The highest BCUT2D eigenvalue weighted by Crippen LogP contribution is 2.38. The van der Waals surface area contributed by atoms with E-state index in [4.69, 9.17) is 9.15 Å². The van der Waals surface area contributed by atoms with Gasteiger partial charge in [0.25, 0.3) is 0 Å². The van der Waals surface area contributed by atoms with Gasteiger partial charge in [-0.15, -0.1) is 0 Å². The molecular formula is C22H16BrNO3. The molecule has 0 saturated heterocycles. The number of halogens is 1. The second-order valence-corrected chi connectivity index (χ2v) is 7.67. The van der Waals surface area contributed by atoms with Crippen molar-refractivity contribution < 1.29 is 9.15 Å². The van der Waals surface area contributed by atoms with Gasteiger partial charge in [-0.2, -0.15) is 0 Å². The van der Waals surface area contributed by atoms with Crippen molar-refractivity contribution in [2.24, 2.45) is 0 Å². The highest BCUT2D eigenvalue weighted by molar-refractivity contribution is 9.10. The maximum absolute atomic E-state index is 12.4. The molecule has 1 aliphatic heterocycles. The van der Waals surface area contributed by atoms with Crippen LogP contribution in [-0.2, 0) is 6.54 Å². The van der Waals surface area contributed by atoms with Crippen LogP contribution in [0.5, 0.6) is 5.75 Å². The van der Waals surface area contributed by atoms with E-state index in [2.05, 4.69) is 39.0 Å². The molecule has 0 fully saturated rings. The smallest absolute Gasteiger partial charge is 0.344 e. The van der Waals surface area contributed by atoms with Crippen molar-refractivity contribution in [2.45, 2.75) is 13.5 Å². The molecule has 27 heavy (non-hydrogen) atoms. The summed E-state index contributed by atoms with van der Waals surface area (Å²) in [6, 6.07) is 17.8. The lowest BCUT2D eigenvalue weighted by atomic mass is 10.00. The molecule has 0 unspecified atom stereocenters. The average molecular weight is 422 g/mol. The zero-order chi connectivity index (χ0) is 18.5. The van der Waals surface area contributed by atoms with Gasteiger partial charge in [-0.3, -0.25) is 0 Å². The molecule has 4 aromatic rings. The minimum absolute atomic E-state index is 0.312. The van der Waals surface area contributed by atoms with E-state index in [0.717, 1.165) is 44.4 Å².